The summed E-state index contributed by atoms with van der Waals surface area (Å²) in [6.07, 6.45) is 2.17. The Hall–Kier alpha value is -2.80. The van der Waals surface area contributed by atoms with Crippen LogP contribution in [-0.4, -0.2) is 45.9 Å². The number of benzene rings is 1. The molecule has 1 saturated heterocycles. The van der Waals surface area contributed by atoms with Crippen LogP contribution in [0.2, 0.25) is 5.02 Å². The molecule has 0 aliphatic carbocycles. The van der Waals surface area contributed by atoms with Gasteiger partial charge in [0.15, 0.2) is 0 Å². The van der Waals surface area contributed by atoms with E-state index in [-0.39, 0.29) is 23.8 Å². The molecule has 3 rings (SSSR count). The zero-order valence-electron chi connectivity index (χ0n) is 14.7. The third kappa shape index (κ3) is 4.31. The van der Waals surface area contributed by atoms with Gasteiger partial charge < -0.3 is 20.3 Å². The van der Waals surface area contributed by atoms with Crippen molar-refractivity contribution in [3.8, 4) is 0 Å². The number of carboxylic acids is 1. The van der Waals surface area contributed by atoms with Gasteiger partial charge in [-0.3, -0.25) is 9.59 Å². The van der Waals surface area contributed by atoms with Gasteiger partial charge in [0.1, 0.15) is 0 Å². The van der Waals surface area contributed by atoms with E-state index in [9.17, 15) is 19.5 Å². The van der Waals surface area contributed by atoms with E-state index in [4.69, 9.17) is 11.6 Å². The van der Waals surface area contributed by atoms with Gasteiger partial charge in [0, 0.05) is 29.9 Å². The zero-order valence-corrected chi connectivity index (χ0v) is 15.5. The van der Waals surface area contributed by atoms with Crippen LogP contribution in [0.25, 0.3) is 0 Å². The molecule has 8 heteroatoms. The third-order valence-corrected chi connectivity index (χ3v) is 4.84. The highest BCUT2D eigenvalue weighted by atomic mass is 35.5. The molecular weight excluding hydrogens is 370 g/mol. The first-order chi connectivity index (χ1) is 12.8. The summed E-state index contributed by atoms with van der Waals surface area (Å²) >= 11 is 6.03. The van der Waals surface area contributed by atoms with E-state index in [1.807, 2.05) is 6.92 Å². The number of carbonyl (C=O) groups is 3. The fourth-order valence-corrected chi connectivity index (χ4v) is 3.49. The molecule has 1 aliphatic rings. The van der Waals surface area contributed by atoms with Crippen molar-refractivity contribution in [1.82, 2.24) is 9.88 Å². The van der Waals surface area contributed by atoms with Crippen LogP contribution in [0.15, 0.2) is 36.5 Å². The van der Waals surface area contributed by atoms with Gasteiger partial charge >= 0.3 is 12.0 Å². The number of rotatable bonds is 4. The number of piperidine rings is 1. The molecule has 3 N–H and O–H groups in total. The lowest BCUT2D eigenvalue weighted by Gasteiger charge is -2.34. The van der Waals surface area contributed by atoms with Crippen molar-refractivity contribution < 1.29 is 19.5 Å². The molecule has 2 atom stereocenters. The van der Waals surface area contributed by atoms with Crippen molar-refractivity contribution in [3.05, 3.63) is 52.8 Å². The summed E-state index contributed by atoms with van der Waals surface area (Å²) in [4.78, 5) is 41.0. The van der Waals surface area contributed by atoms with Crippen LogP contribution in [-0.2, 0) is 4.79 Å². The van der Waals surface area contributed by atoms with Gasteiger partial charge in [-0.1, -0.05) is 18.5 Å². The fourth-order valence-electron chi connectivity index (χ4n) is 3.32. The Labute approximate surface area is 161 Å². The second-order valence-electron chi connectivity index (χ2n) is 6.81. The Kier molecular flexibility index (Phi) is 5.51. The number of nitrogens with zero attached hydrogens (tertiary/aromatic N) is 1. The number of halogens is 1. The van der Waals surface area contributed by atoms with Gasteiger partial charge in [0.05, 0.1) is 17.3 Å². The van der Waals surface area contributed by atoms with Crippen LogP contribution in [0, 0.1) is 11.8 Å². The average molecular weight is 390 g/mol. The molecule has 7 nitrogen and oxygen atoms in total. The Morgan fingerprint density at radius 1 is 1.26 bits per heavy atom. The molecule has 27 heavy (non-hydrogen) atoms. The molecule has 2 heterocycles. The molecular formula is C19H20ClN3O4. The topological polar surface area (TPSA) is 102 Å². The minimum absolute atomic E-state index is 0.0795. The first kappa shape index (κ1) is 19.0. The quantitative estimate of drug-likeness (QED) is 0.696. The normalized spacial score (nSPS) is 19.6. The molecule has 2 amide bonds. The van der Waals surface area contributed by atoms with Crippen LogP contribution in [0.4, 0.5) is 10.5 Å². The number of H-pyrrole nitrogens is 1. The number of carbonyl (C=O) groups excluding carboxylic acids is 2. The molecule has 2 aromatic rings. The summed E-state index contributed by atoms with van der Waals surface area (Å²) in [5, 5.41) is 12.4. The summed E-state index contributed by atoms with van der Waals surface area (Å²) in [5.74, 6) is -1.72. The van der Waals surface area contributed by atoms with E-state index >= 15 is 0 Å². The standard InChI is InChI=1S/C19H20ClN3O4/c1-11-7-12(18(25)26)10-23(9-11)19(27)22-15-5-4-13(20)8-14(15)17(24)16-3-2-6-21-16/h2-6,8,11-12,21H,7,9-10H2,1H3,(H,22,27)(H,25,26). The van der Waals surface area contributed by atoms with E-state index in [1.165, 1.54) is 11.0 Å². The summed E-state index contributed by atoms with van der Waals surface area (Å²) < 4.78 is 0. The molecule has 1 aliphatic heterocycles. The Morgan fingerprint density at radius 3 is 2.70 bits per heavy atom. The zero-order chi connectivity index (χ0) is 19.6. The third-order valence-electron chi connectivity index (χ3n) is 4.61. The smallest absolute Gasteiger partial charge is 0.321 e. The number of anilines is 1. The van der Waals surface area contributed by atoms with Crippen LogP contribution in [0.3, 0.4) is 0 Å². The number of nitrogens with one attached hydrogen (secondary N) is 2. The monoisotopic (exact) mass is 389 g/mol. The number of likely N-dealkylation sites (tertiary alicyclic amines) is 1. The van der Waals surface area contributed by atoms with Crippen molar-refractivity contribution >= 4 is 35.1 Å². The van der Waals surface area contributed by atoms with Crippen LogP contribution in [0.5, 0.6) is 0 Å². The minimum Gasteiger partial charge on any atom is -0.481 e. The SMILES string of the molecule is CC1CC(C(=O)O)CN(C(=O)Nc2ccc(Cl)cc2C(=O)c2ccc[nH]2)C1. The van der Waals surface area contributed by atoms with Crippen LogP contribution >= 0.6 is 11.6 Å². The maximum Gasteiger partial charge on any atom is 0.321 e. The summed E-state index contributed by atoms with van der Waals surface area (Å²) in [6, 6.07) is 7.56. The molecule has 1 aromatic carbocycles. The van der Waals surface area contributed by atoms with Crippen LogP contribution in [0.1, 0.15) is 29.4 Å². The van der Waals surface area contributed by atoms with Gasteiger partial charge in [-0.05, 0) is 42.7 Å². The Bertz CT molecular complexity index is 866. The van der Waals surface area contributed by atoms with E-state index in [1.54, 1.807) is 30.5 Å². The number of ketones is 1. The second-order valence-corrected chi connectivity index (χ2v) is 7.25. The fraction of sp³-hybridized carbons (Fsp3) is 0.316. The lowest BCUT2D eigenvalue weighted by molar-refractivity contribution is -0.143. The number of amides is 2. The van der Waals surface area contributed by atoms with Crippen molar-refractivity contribution in [1.29, 1.82) is 0 Å². The van der Waals surface area contributed by atoms with Gasteiger partial charge in [0.25, 0.3) is 0 Å². The molecule has 0 spiro atoms. The van der Waals surface area contributed by atoms with E-state index < -0.39 is 17.9 Å². The number of aromatic amines is 1. The minimum atomic E-state index is -0.909. The number of hydrogen-bond acceptors (Lipinski definition) is 3. The van der Waals surface area contributed by atoms with Crippen molar-refractivity contribution in [2.75, 3.05) is 18.4 Å². The maximum atomic E-state index is 12.7. The molecule has 2 unspecified atom stereocenters. The Balaban J connectivity index is 1.82. The van der Waals surface area contributed by atoms with E-state index in [0.717, 1.165) is 0 Å². The molecule has 142 valence electrons. The predicted octanol–water partition coefficient (Wildman–Crippen LogP) is 3.47. The first-order valence-electron chi connectivity index (χ1n) is 8.61. The molecule has 1 aromatic heterocycles. The van der Waals surface area contributed by atoms with Gasteiger partial charge in [0.2, 0.25) is 5.78 Å². The maximum absolute atomic E-state index is 12.7. The van der Waals surface area contributed by atoms with Crippen LogP contribution < -0.4 is 5.32 Å². The molecule has 0 bridgehead atoms. The lowest BCUT2D eigenvalue weighted by Crippen LogP contribution is -2.47. The number of carboxylic acid groups (broad SMARTS) is 1. The Morgan fingerprint density at radius 2 is 2.04 bits per heavy atom. The van der Waals surface area contributed by atoms with Gasteiger partial charge in [-0.2, -0.15) is 0 Å². The highest BCUT2D eigenvalue weighted by molar-refractivity contribution is 6.31. The van der Waals surface area contributed by atoms with Gasteiger partial charge in [-0.15, -0.1) is 0 Å². The highest BCUT2D eigenvalue weighted by Gasteiger charge is 2.32. The van der Waals surface area contributed by atoms with Crippen molar-refractivity contribution in [2.24, 2.45) is 11.8 Å². The molecule has 0 radical (unpaired) electrons. The summed E-state index contributed by atoms with van der Waals surface area (Å²) in [5.41, 5.74) is 0.970. The number of urea groups is 1. The van der Waals surface area contributed by atoms with Crippen molar-refractivity contribution in [2.45, 2.75) is 13.3 Å². The highest BCUT2D eigenvalue weighted by Crippen LogP contribution is 2.26. The molecule has 0 saturated carbocycles. The first-order valence-corrected chi connectivity index (χ1v) is 8.99. The average Bonchev–Trinajstić information content (AvgIpc) is 3.16. The number of hydrogen-bond donors (Lipinski definition) is 3. The van der Waals surface area contributed by atoms with E-state index in [2.05, 4.69) is 10.3 Å². The molecule has 1 fully saturated rings. The largest absolute Gasteiger partial charge is 0.481 e. The lowest BCUT2D eigenvalue weighted by atomic mass is 9.91. The number of aromatic nitrogens is 1. The summed E-state index contributed by atoms with van der Waals surface area (Å²) in [6.45, 7) is 2.51. The second kappa shape index (κ2) is 7.84. The summed E-state index contributed by atoms with van der Waals surface area (Å²) in [7, 11) is 0. The van der Waals surface area contributed by atoms with Crippen molar-refractivity contribution in [3.63, 3.8) is 0 Å². The number of aliphatic carboxylic acids is 1. The van der Waals surface area contributed by atoms with Gasteiger partial charge in [-0.25, -0.2) is 4.79 Å². The predicted molar refractivity (Wildman–Crippen MR) is 101 cm³/mol. The van der Waals surface area contributed by atoms with E-state index in [0.29, 0.717) is 29.4 Å².